The fraction of sp³-hybridized carbons (Fsp3) is 0.318. The van der Waals surface area contributed by atoms with Gasteiger partial charge in [0.1, 0.15) is 11.5 Å². The molecule has 0 saturated heterocycles. The topological polar surface area (TPSA) is 138 Å². The van der Waals surface area contributed by atoms with E-state index in [1.165, 1.54) is 37.7 Å². The summed E-state index contributed by atoms with van der Waals surface area (Å²) in [5.74, 6) is 0.0877. The van der Waals surface area contributed by atoms with Gasteiger partial charge in [0, 0.05) is 50.7 Å². The second kappa shape index (κ2) is 10.7. The third-order valence-electron chi connectivity index (χ3n) is 5.00. The van der Waals surface area contributed by atoms with Crippen LogP contribution in [-0.2, 0) is 16.6 Å². The van der Waals surface area contributed by atoms with Crippen LogP contribution in [0.25, 0.3) is 10.9 Å². The number of aromatic nitrogens is 1. The summed E-state index contributed by atoms with van der Waals surface area (Å²) < 4.78 is 7.86. The average molecular weight is 482 g/mol. The first-order valence-corrected chi connectivity index (χ1v) is 11.1. The zero-order chi connectivity index (χ0) is 24.8. The van der Waals surface area contributed by atoms with Crippen LogP contribution in [0.2, 0.25) is 0 Å². The third kappa shape index (κ3) is 5.26. The van der Waals surface area contributed by atoms with E-state index in [0.29, 0.717) is 52.4 Å². The summed E-state index contributed by atoms with van der Waals surface area (Å²) >= 11 is 1.28. The maximum atomic E-state index is 11.8. The van der Waals surface area contributed by atoms with Gasteiger partial charge in [-0.25, -0.2) is 4.99 Å². The molecule has 3 rings (SSSR count). The fourth-order valence-corrected chi connectivity index (χ4v) is 4.27. The molecule has 0 spiro atoms. The number of aliphatic imine (C=N–C) groups is 1. The monoisotopic (exact) mass is 481 g/mol. The number of methoxy groups -OCH3 is 1. The van der Waals surface area contributed by atoms with E-state index < -0.39 is 10.8 Å². The molecule has 1 aromatic carbocycles. The van der Waals surface area contributed by atoms with Crippen LogP contribution < -0.4 is 4.67 Å². The zero-order valence-electron chi connectivity index (χ0n) is 19.2. The normalized spacial score (nSPS) is 16.4. The highest BCUT2D eigenvalue weighted by Gasteiger charge is 2.23. The van der Waals surface area contributed by atoms with Crippen LogP contribution in [0, 0.1) is 21.4 Å². The van der Waals surface area contributed by atoms with E-state index in [0.717, 1.165) is 5.52 Å². The number of hydrogen-bond donors (Lipinski definition) is 0. The van der Waals surface area contributed by atoms with Crippen molar-refractivity contribution in [3.05, 3.63) is 56.6 Å². The molecular formula is C22H23N7O4S. The smallest absolute Gasteiger partial charge is 0.270 e. The number of nitriles is 1. The number of non-ortho nitro benzene ring substituents is 1. The number of amides is 1. The number of hydrogen-bond acceptors (Lipinski definition) is 9. The average Bonchev–Trinajstić information content (AvgIpc) is 3.13. The highest BCUT2D eigenvalue weighted by atomic mass is 32.1. The van der Waals surface area contributed by atoms with E-state index >= 15 is 0 Å². The number of likely N-dealkylation sites (N-methyl/N-ethyl adjacent to an activating group) is 1. The number of aryl methyl sites for hydroxylation is 1. The Kier molecular flexibility index (Phi) is 7.70. The van der Waals surface area contributed by atoms with Gasteiger partial charge in [0.25, 0.3) is 5.69 Å². The first kappa shape index (κ1) is 24.5. The standard InChI is InChI=1S/C22H23N7O4S/c1-5-28(10-6-9-23)20-12-17(24-14(2)30)18(13-21(20)33-4)25-26-22-16-11-15(29(31)32)7-8-19(16)27(3)34-22/h7-8,11-13H,5-6,10H2,1-4H3. The minimum absolute atomic E-state index is 0.0438. The summed E-state index contributed by atoms with van der Waals surface area (Å²) in [7, 11) is 3.35. The van der Waals surface area contributed by atoms with Crippen molar-refractivity contribution in [1.29, 1.82) is 5.26 Å². The first-order chi connectivity index (χ1) is 16.3. The molecule has 1 heterocycles. The molecule has 0 fully saturated rings. The molecule has 176 valence electrons. The minimum atomic E-state index is -0.461. The van der Waals surface area contributed by atoms with Gasteiger partial charge in [0.15, 0.2) is 4.67 Å². The number of carbonyl (C=O) groups excluding carboxylic acids is 1. The Morgan fingerprint density at radius 2 is 2.09 bits per heavy atom. The van der Waals surface area contributed by atoms with Crippen molar-refractivity contribution in [3.8, 4) is 6.07 Å². The van der Waals surface area contributed by atoms with Crippen molar-refractivity contribution in [2.75, 3.05) is 20.2 Å². The van der Waals surface area contributed by atoms with Crippen LogP contribution >= 0.6 is 11.5 Å². The number of nitro benzene ring substituents is 1. The summed E-state index contributed by atoms with van der Waals surface area (Å²) in [6.07, 6.45) is 3.65. The maximum absolute atomic E-state index is 11.8. The molecule has 1 aliphatic carbocycles. The van der Waals surface area contributed by atoms with Crippen molar-refractivity contribution < 1.29 is 14.5 Å². The number of fused-ring (bicyclic) bond motifs is 1. The van der Waals surface area contributed by atoms with E-state index in [2.05, 4.69) is 21.3 Å². The van der Waals surface area contributed by atoms with Gasteiger partial charge in [-0.3, -0.25) is 18.9 Å². The second-order valence-corrected chi connectivity index (χ2v) is 8.30. The molecule has 0 N–H and O–H groups in total. The third-order valence-corrected chi connectivity index (χ3v) is 5.95. The van der Waals surface area contributed by atoms with E-state index in [-0.39, 0.29) is 5.69 Å². The van der Waals surface area contributed by atoms with Crippen molar-refractivity contribution in [2.24, 2.45) is 22.2 Å². The van der Waals surface area contributed by atoms with Crippen LogP contribution in [-0.4, -0.2) is 51.3 Å². The van der Waals surface area contributed by atoms with Crippen LogP contribution in [0.4, 0.5) is 5.69 Å². The number of ether oxygens (including phenoxy) is 1. The van der Waals surface area contributed by atoms with Gasteiger partial charge in [-0.05, 0) is 30.6 Å². The van der Waals surface area contributed by atoms with E-state index in [4.69, 9.17) is 10.00 Å². The van der Waals surface area contributed by atoms with Gasteiger partial charge >= 0.3 is 0 Å². The van der Waals surface area contributed by atoms with Crippen LogP contribution in [0.15, 0.2) is 57.0 Å². The lowest BCUT2D eigenvalue weighted by molar-refractivity contribution is -0.384. The Morgan fingerprint density at radius 1 is 1.32 bits per heavy atom. The molecular weight excluding hydrogens is 458 g/mol. The molecule has 12 heteroatoms. The van der Waals surface area contributed by atoms with Gasteiger partial charge in [0.05, 0.1) is 41.4 Å². The lowest BCUT2D eigenvalue weighted by Gasteiger charge is -2.28. The first-order valence-electron chi connectivity index (χ1n) is 10.3. The number of allylic oxidation sites excluding steroid dienone is 2. The molecule has 11 nitrogen and oxygen atoms in total. The summed E-state index contributed by atoms with van der Waals surface area (Å²) in [6.45, 7) is 4.40. The molecule has 34 heavy (non-hydrogen) atoms. The van der Waals surface area contributed by atoms with E-state index in [1.54, 1.807) is 18.2 Å². The van der Waals surface area contributed by atoms with Crippen LogP contribution in [0.3, 0.4) is 0 Å². The van der Waals surface area contributed by atoms with E-state index in [9.17, 15) is 14.9 Å². The van der Waals surface area contributed by atoms with E-state index in [1.807, 2.05) is 22.8 Å². The number of benzene rings is 1. The number of carbonyl (C=O) groups is 1. The molecule has 1 amide bonds. The molecule has 0 saturated carbocycles. The predicted molar refractivity (Wildman–Crippen MR) is 129 cm³/mol. The molecule has 1 aliphatic rings. The van der Waals surface area contributed by atoms with Gasteiger partial charge in [-0.2, -0.15) is 5.26 Å². The number of rotatable bonds is 7. The Balaban J connectivity index is 2.14. The zero-order valence-corrected chi connectivity index (χ0v) is 20.0. The largest absolute Gasteiger partial charge is 0.494 e. The van der Waals surface area contributed by atoms with Crippen LogP contribution in [0.5, 0.6) is 0 Å². The molecule has 0 atom stereocenters. The van der Waals surface area contributed by atoms with Crippen molar-refractivity contribution in [3.63, 3.8) is 0 Å². The van der Waals surface area contributed by atoms with Crippen molar-refractivity contribution in [1.82, 2.24) is 8.86 Å². The SMILES string of the molecule is CCN(CCC#N)C1=CC(=NC(C)=O)C(=NN=c2sn(C)c3ccc([N+](=O)[O-])cc23)C=C1OC. The molecule has 2 aromatic rings. The quantitative estimate of drug-likeness (QED) is 0.338. The summed E-state index contributed by atoms with van der Waals surface area (Å²) in [4.78, 5) is 28.6. The lowest BCUT2D eigenvalue weighted by atomic mass is 10.0. The number of nitrogens with zero attached hydrogens (tertiary/aromatic N) is 7. The van der Waals surface area contributed by atoms with Crippen molar-refractivity contribution in [2.45, 2.75) is 20.3 Å². The Morgan fingerprint density at radius 3 is 2.71 bits per heavy atom. The van der Waals surface area contributed by atoms with Crippen LogP contribution in [0.1, 0.15) is 20.3 Å². The molecule has 0 unspecified atom stereocenters. The van der Waals surface area contributed by atoms with Gasteiger partial charge in [-0.1, -0.05) is 0 Å². The summed E-state index contributed by atoms with van der Waals surface area (Å²) in [5, 5.41) is 29.4. The van der Waals surface area contributed by atoms with Gasteiger partial charge < -0.3 is 9.64 Å². The summed E-state index contributed by atoms with van der Waals surface area (Å²) in [6, 6.07) is 6.69. The molecule has 0 radical (unpaired) electrons. The fourth-order valence-electron chi connectivity index (χ4n) is 3.41. The minimum Gasteiger partial charge on any atom is -0.494 e. The maximum Gasteiger partial charge on any atom is 0.270 e. The summed E-state index contributed by atoms with van der Waals surface area (Å²) in [5.41, 5.74) is 2.03. The molecule has 1 aromatic heterocycles. The Hall–Kier alpha value is -4.11. The van der Waals surface area contributed by atoms with Gasteiger partial charge in [-0.15, -0.1) is 10.2 Å². The highest BCUT2D eigenvalue weighted by Crippen LogP contribution is 2.23. The van der Waals surface area contributed by atoms with Gasteiger partial charge in [0.2, 0.25) is 5.91 Å². The second-order valence-electron chi connectivity index (χ2n) is 7.18. The number of nitro groups is 1. The Bertz CT molecular complexity index is 1370. The molecule has 0 aliphatic heterocycles. The lowest BCUT2D eigenvalue weighted by Crippen LogP contribution is -2.30. The van der Waals surface area contributed by atoms with Crippen molar-refractivity contribution >= 4 is 45.5 Å². The highest BCUT2D eigenvalue weighted by molar-refractivity contribution is 7.05. The predicted octanol–water partition coefficient (Wildman–Crippen LogP) is 3.06. The molecule has 0 bridgehead atoms. The Labute approximate surface area is 199 Å².